The van der Waals surface area contributed by atoms with Gasteiger partial charge in [0.05, 0.1) is 5.69 Å². The van der Waals surface area contributed by atoms with E-state index >= 15 is 0 Å². The van der Waals surface area contributed by atoms with Crippen molar-refractivity contribution in [1.29, 1.82) is 0 Å². The molecule has 0 saturated carbocycles. The van der Waals surface area contributed by atoms with Crippen molar-refractivity contribution in [2.75, 3.05) is 18.4 Å². The van der Waals surface area contributed by atoms with E-state index in [2.05, 4.69) is 30.8 Å². The molecule has 0 aromatic carbocycles. The number of aromatic nitrogens is 6. The molecular weight excluding hydrogens is 308 g/mol. The third-order valence-corrected chi connectivity index (χ3v) is 3.23. The fourth-order valence-corrected chi connectivity index (χ4v) is 2.10. The van der Waals surface area contributed by atoms with E-state index in [1.807, 2.05) is 19.2 Å². The molecule has 0 fully saturated rings. The highest BCUT2D eigenvalue weighted by atomic mass is 16.2. The molecule has 3 heterocycles. The van der Waals surface area contributed by atoms with E-state index in [1.165, 1.54) is 6.33 Å². The molecular formula is C15H18N8O. The summed E-state index contributed by atoms with van der Waals surface area (Å²) < 4.78 is 3.26. The predicted molar refractivity (Wildman–Crippen MR) is 87.6 cm³/mol. The van der Waals surface area contributed by atoms with Gasteiger partial charge in [-0.05, 0) is 19.1 Å². The maximum atomic E-state index is 11.7. The highest BCUT2D eigenvalue weighted by Gasteiger charge is 2.04. The molecule has 3 rings (SSSR count). The quantitative estimate of drug-likeness (QED) is 0.609. The summed E-state index contributed by atoms with van der Waals surface area (Å²) in [6.45, 7) is 3.17. The third kappa shape index (κ3) is 4.15. The molecule has 0 aliphatic rings. The van der Waals surface area contributed by atoms with Gasteiger partial charge < -0.3 is 10.6 Å². The smallest absolute Gasteiger partial charge is 0.241 e. The molecule has 3 aromatic heterocycles. The minimum Gasteiger partial charge on any atom is -0.368 e. The van der Waals surface area contributed by atoms with Gasteiger partial charge >= 0.3 is 0 Å². The van der Waals surface area contributed by atoms with Crippen LogP contribution in [-0.2, 0) is 11.3 Å². The predicted octanol–water partition coefficient (Wildman–Crippen LogP) is 0.396. The first-order valence-corrected chi connectivity index (χ1v) is 7.53. The summed E-state index contributed by atoms with van der Waals surface area (Å²) >= 11 is 0. The van der Waals surface area contributed by atoms with Crippen LogP contribution in [0.25, 0.3) is 5.82 Å². The number of hydrogen-bond donors (Lipinski definition) is 2. The summed E-state index contributed by atoms with van der Waals surface area (Å²) in [5, 5.41) is 14.3. The third-order valence-electron chi connectivity index (χ3n) is 3.23. The van der Waals surface area contributed by atoms with Gasteiger partial charge in [-0.25, -0.2) is 14.6 Å². The summed E-state index contributed by atoms with van der Waals surface area (Å²) in [4.78, 5) is 20.1. The van der Waals surface area contributed by atoms with Crippen molar-refractivity contribution in [3.05, 3.63) is 48.8 Å². The molecule has 0 spiro atoms. The van der Waals surface area contributed by atoms with Crippen LogP contribution >= 0.6 is 0 Å². The van der Waals surface area contributed by atoms with Crippen molar-refractivity contribution < 1.29 is 4.79 Å². The Bertz CT molecular complexity index is 795. The van der Waals surface area contributed by atoms with Crippen LogP contribution in [0, 0.1) is 6.92 Å². The standard InChI is InChI=1S/C15H18N8O/c1-12-3-8-23(21-12)14-9-13(18-11-19-14)16-5-6-17-15(24)10-22-7-2-4-20-22/h2-4,7-9,11H,5-6,10H2,1H3,(H,17,24)(H,16,18,19). The second-order valence-electron chi connectivity index (χ2n) is 5.14. The molecule has 24 heavy (non-hydrogen) atoms. The molecule has 0 bridgehead atoms. The molecule has 9 nitrogen and oxygen atoms in total. The fraction of sp³-hybridized carbons (Fsp3) is 0.267. The van der Waals surface area contributed by atoms with Crippen LogP contribution in [0.2, 0.25) is 0 Å². The Labute approximate surface area is 138 Å². The number of aryl methyl sites for hydroxylation is 1. The minimum atomic E-state index is -0.0871. The van der Waals surface area contributed by atoms with Crippen molar-refractivity contribution in [2.24, 2.45) is 0 Å². The Hall–Kier alpha value is -3.23. The van der Waals surface area contributed by atoms with E-state index in [0.29, 0.717) is 24.7 Å². The lowest BCUT2D eigenvalue weighted by molar-refractivity contribution is -0.121. The summed E-state index contributed by atoms with van der Waals surface area (Å²) in [5.41, 5.74) is 0.919. The number of nitrogens with zero attached hydrogens (tertiary/aromatic N) is 6. The zero-order valence-corrected chi connectivity index (χ0v) is 13.3. The van der Waals surface area contributed by atoms with Crippen molar-refractivity contribution >= 4 is 11.7 Å². The number of amides is 1. The summed E-state index contributed by atoms with van der Waals surface area (Å²) in [5.74, 6) is 1.27. The number of nitrogens with one attached hydrogen (secondary N) is 2. The Morgan fingerprint density at radius 1 is 1.25 bits per heavy atom. The average molecular weight is 326 g/mol. The zero-order chi connectivity index (χ0) is 16.8. The first kappa shape index (κ1) is 15.7. The molecule has 124 valence electrons. The second-order valence-corrected chi connectivity index (χ2v) is 5.14. The molecule has 0 saturated heterocycles. The van der Waals surface area contributed by atoms with Gasteiger partial charge in [0, 0.05) is 37.7 Å². The summed E-state index contributed by atoms with van der Waals surface area (Å²) in [6.07, 6.45) is 6.71. The van der Waals surface area contributed by atoms with Gasteiger partial charge in [-0.1, -0.05) is 0 Å². The molecule has 0 atom stereocenters. The lowest BCUT2D eigenvalue weighted by Crippen LogP contribution is -2.31. The van der Waals surface area contributed by atoms with Crippen LogP contribution in [-0.4, -0.2) is 48.5 Å². The Kier molecular flexibility index (Phi) is 4.80. The Morgan fingerprint density at radius 3 is 2.92 bits per heavy atom. The molecule has 9 heteroatoms. The van der Waals surface area contributed by atoms with Crippen LogP contribution in [0.3, 0.4) is 0 Å². The Balaban J connectivity index is 1.46. The van der Waals surface area contributed by atoms with Gasteiger partial charge in [0.15, 0.2) is 5.82 Å². The fourth-order valence-electron chi connectivity index (χ4n) is 2.10. The molecule has 0 aliphatic carbocycles. The van der Waals surface area contributed by atoms with Gasteiger partial charge in [0.25, 0.3) is 0 Å². The van der Waals surface area contributed by atoms with Crippen molar-refractivity contribution in [3.8, 4) is 5.82 Å². The van der Waals surface area contributed by atoms with E-state index in [4.69, 9.17) is 0 Å². The van der Waals surface area contributed by atoms with E-state index in [9.17, 15) is 4.79 Å². The molecule has 2 N–H and O–H groups in total. The normalized spacial score (nSPS) is 10.5. The number of anilines is 1. The van der Waals surface area contributed by atoms with E-state index in [1.54, 1.807) is 33.9 Å². The summed E-state index contributed by atoms with van der Waals surface area (Å²) in [7, 11) is 0. The number of hydrogen-bond acceptors (Lipinski definition) is 6. The van der Waals surface area contributed by atoms with Gasteiger partial charge in [-0.3, -0.25) is 9.48 Å². The first-order chi connectivity index (χ1) is 11.7. The highest BCUT2D eigenvalue weighted by Crippen LogP contribution is 2.08. The first-order valence-electron chi connectivity index (χ1n) is 7.53. The molecule has 1 amide bonds. The lowest BCUT2D eigenvalue weighted by atomic mass is 10.5. The van der Waals surface area contributed by atoms with Gasteiger partial charge in [0.1, 0.15) is 18.7 Å². The van der Waals surface area contributed by atoms with Crippen molar-refractivity contribution in [1.82, 2.24) is 34.8 Å². The minimum absolute atomic E-state index is 0.0871. The molecule has 0 aliphatic heterocycles. The molecule has 3 aromatic rings. The van der Waals surface area contributed by atoms with Crippen LogP contribution in [0.5, 0.6) is 0 Å². The number of carbonyl (C=O) groups is 1. The molecule has 0 radical (unpaired) electrons. The van der Waals surface area contributed by atoms with E-state index in [-0.39, 0.29) is 12.5 Å². The maximum Gasteiger partial charge on any atom is 0.241 e. The summed E-state index contributed by atoms with van der Waals surface area (Å²) in [6, 6.07) is 5.49. The van der Waals surface area contributed by atoms with Crippen molar-refractivity contribution in [2.45, 2.75) is 13.5 Å². The van der Waals surface area contributed by atoms with Gasteiger partial charge in [0.2, 0.25) is 5.91 Å². The van der Waals surface area contributed by atoms with Gasteiger partial charge in [-0.15, -0.1) is 0 Å². The maximum absolute atomic E-state index is 11.7. The van der Waals surface area contributed by atoms with E-state index < -0.39 is 0 Å². The number of carbonyl (C=O) groups excluding carboxylic acids is 1. The highest BCUT2D eigenvalue weighted by molar-refractivity contribution is 5.75. The van der Waals surface area contributed by atoms with Crippen LogP contribution in [0.15, 0.2) is 43.1 Å². The van der Waals surface area contributed by atoms with Crippen molar-refractivity contribution in [3.63, 3.8) is 0 Å². The SMILES string of the molecule is Cc1ccn(-c2cc(NCCNC(=O)Cn3cccn3)ncn2)n1. The monoisotopic (exact) mass is 326 g/mol. The van der Waals surface area contributed by atoms with Crippen LogP contribution in [0.1, 0.15) is 5.69 Å². The number of rotatable bonds is 7. The lowest BCUT2D eigenvalue weighted by Gasteiger charge is -2.08. The topological polar surface area (TPSA) is 103 Å². The van der Waals surface area contributed by atoms with E-state index in [0.717, 1.165) is 5.69 Å². The molecule has 0 unspecified atom stereocenters. The largest absolute Gasteiger partial charge is 0.368 e. The Morgan fingerprint density at radius 2 is 2.17 bits per heavy atom. The second kappa shape index (κ2) is 7.36. The average Bonchev–Trinajstić information content (AvgIpc) is 3.23. The van der Waals surface area contributed by atoms with Gasteiger partial charge in [-0.2, -0.15) is 10.2 Å². The van der Waals surface area contributed by atoms with Crippen LogP contribution < -0.4 is 10.6 Å². The zero-order valence-electron chi connectivity index (χ0n) is 13.3. The van der Waals surface area contributed by atoms with Crippen LogP contribution in [0.4, 0.5) is 5.82 Å².